The average molecular weight is 323 g/mol. The van der Waals surface area contributed by atoms with Gasteiger partial charge in [0.1, 0.15) is 5.82 Å². The van der Waals surface area contributed by atoms with Crippen LogP contribution in [0.3, 0.4) is 0 Å². The number of benzene rings is 2. The summed E-state index contributed by atoms with van der Waals surface area (Å²) in [7, 11) is 0. The van der Waals surface area contributed by atoms with Crippen LogP contribution in [0.1, 0.15) is 22.4 Å². The van der Waals surface area contributed by atoms with E-state index in [0.29, 0.717) is 16.9 Å². The van der Waals surface area contributed by atoms with Gasteiger partial charge >= 0.3 is 0 Å². The molecule has 1 aromatic heterocycles. The molecule has 0 aliphatic rings. The third-order valence-electron chi connectivity index (χ3n) is 3.89. The number of halogens is 1. The van der Waals surface area contributed by atoms with Crippen molar-refractivity contribution < 1.29 is 4.39 Å². The molecule has 4 nitrogen and oxygen atoms in total. The highest BCUT2D eigenvalue weighted by Gasteiger charge is 2.10. The number of rotatable bonds is 3. The molecule has 2 aromatic carbocycles. The van der Waals surface area contributed by atoms with Crippen molar-refractivity contribution in [2.24, 2.45) is 4.99 Å². The first kappa shape index (κ1) is 15.9. The Morgan fingerprint density at radius 3 is 2.46 bits per heavy atom. The van der Waals surface area contributed by atoms with Crippen molar-refractivity contribution in [2.45, 2.75) is 20.8 Å². The summed E-state index contributed by atoms with van der Waals surface area (Å²) in [5.74, 6) is -0.341. The van der Waals surface area contributed by atoms with E-state index in [-0.39, 0.29) is 11.4 Å². The zero-order valence-corrected chi connectivity index (χ0v) is 13.8. The van der Waals surface area contributed by atoms with E-state index in [1.54, 1.807) is 18.3 Å². The van der Waals surface area contributed by atoms with Gasteiger partial charge in [0, 0.05) is 11.9 Å². The minimum Gasteiger partial charge on any atom is -0.295 e. The Balaban J connectivity index is 1.99. The molecule has 0 aliphatic carbocycles. The summed E-state index contributed by atoms with van der Waals surface area (Å²) in [6, 6.07) is 11.7. The number of H-pyrrole nitrogens is 1. The Bertz CT molecular complexity index is 965. The van der Waals surface area contributed by atoms with Crippen LogP contribution in [0.5, 0.6) is 0 Å². The SMILES string of the molecule is Cc1ccc(N=Cc2c(C)[nH]n(-c3ccc(F)cc3)c2=O)c(C)c1. The van der Waals surface area contributed by atoms with Gasteiger partial charge in [-0.15, -0.1) is 0 Å². The van der Waals surface area contributed by atoms with Gasteiger partial charge in [-0.3, -0.25) is 14.9 Å². The molecule has 0 bridgehead atoms. The van der Waals surface area contributed by atoms with Crippen molar-refractivity contribution in [3.63, 3.8) is 0 Å². The van der Waals surface area contributed by atoms with Gasteiger partial charge in [-0.2, -0.15) is 0 Å². The normalized spacial score (nSPS) is 11.3. The first-order valence-corrected chi connectivity index (χ1v) is 7.64. The minimum atomic E-state index is -0.341. The van der Waals surface area contributed by atoms with Gasteiger partial charge in [0.15, 0.2) is 0 Å². The van der Waals surface area contributed by atoms with Crippen molar-refractivity contribution in [3.05, 3.63) is 81.0 Å². The third-order valence-corrected chi connectivity index (χ3v) is 3.89. The lowest BCUT2D eigenvalue weighted by molar-refractivity contribution is 0.627. The van der Waals surface area contributed by atoms with E-state index in [1.807, 2.05) is 39.0 Å². The Morgan fingerprint density at radius 1 is 1.08 bits per heavy atom. The first-order chi connectivity index (χ1) is 11.5. The molecule has 0 amide bonds. The Kier molecular flexibility index (Phi) is 4.16. The van der Waals surface area contributed by atoms with E-state index in [1.165, 1.54) is 22.4 Å². The lowest BCUT2D eigenvalue weighted by Crippen LogP contribution is -2.17. The predicted molar refractivity (Wildman–Crippen MR) is 94.3 cm³/mol. The molecule has 0 radical (unpaired) electrons. The third kappa shape index (κ3) is 3.06. The summed E-state index contributed by atoms with van der Waals surface area (Å²) < 4.78 is 14.4. The van der Waals surface area contributed by atoms with Gasteiger partial charge in [-0.05, 0) is 56.7 Å². The molecule has 1 heterocycles. The van der Waals surface area contributed by atoms with Crippen LogP contribution in [-0.4, -0.2) is 16.0 Å². The molecule has 0 aliphatic heterocycles. The largest absolute Gasteiger partial charge is 0.295 e. The van der Waals surface area contributed by atoms with Crippen LogP contribution in [0.4, 0.5) is 10.1 Å². The first-order valence-electron chi connectivity index (χ1n) is 7.64. The Hall–Kier alpha value is -2.95. The molecule has 1 N–H and O–H groups in total. The van der Waals surface area contributed by atoms with E-state index < -0.39 is 0 Å². The van der Waals surface area contributed by atoms with Crippen molar-refractivity contribution >= 4 is 11.9 Å². The summed E-state index contributed by atoms with van der Waals surface area (Å²) in [5, 5.41) is 3.00. The van der Waals surface area contributed by atoms with Crippen LogP contribution < -0.4 is 5.56 Å². The van der Waals surface area contributed by atoms with Gasteiger partial charge in [-0.25, -0.2) is 9.07 Å². The van der Waals surface area contributed by atoms with Gasteiger partial charge in [0.25, 0.3) is 5.56 Å². The maximum Gasteiger partial charge on any atom is 0.280 e. The number of aromatic nitrogens is 2. The van der Waals surface area contributed by atoms with E-state index in [4.69, 9.17) is 0 Å². The predicted octanol–water partition coefficient (Wildman–Crippen LogP) is 3.98. The molecule has 3 rings (SSSR count). The lowest BCUT2D eigenvalue weighted by atomic mass is 10.1. The standard InChI is InChI=1S/C19H18FN3O/c1-12-4-9-18(13(2)10-12)21-11-17-14(3)22-23(19(17)24)16-7-5-15(20)6-8-16/h4-11,22H,1-3H3. The van der Waals surface area contributed by atoms with Crippen LogP contribution in [0.15, 0.2) is 52.3 Å². The number of aliphatic imine (C=N–C) groups is 1. The fourth-order valence-electron chi connectivity index (χ4n) is 2.57. The molecule has 0 unspecified atom stereocenters. The van der Waals surface area contributed by atoms with Crippen LogP contribution in [-0.2, 0) is 0 Å². The number of aryl methyl sites for hydroxylation is 3. The Morgan fingerprint density at radius 2 is 1.79 bits per heavy atom. The second-order valence-corrected chi connectivity index (χ2v) is 5.82. The zero-order chi connectivity index (χ0) is 17.3. The number of aromatic amines is 1. The molecule has 0 fully saturated rings. The van der Waals surface area contributed by atoms with Gasteiger partial charge in [-0.1, -0.05) is 17.7 Å². The second-order valence-electron chi connectivity index (χ2n) is 5.82. The van der Waals surface area contributed by atoms with Gasteiger partial charge in [0.2, 0.25) is 0 Å². The average Bonchev–Trinajstić information content (AvgIpc) is 2.82. The van der Waals surface area contributed by atoms with E-state index in [0.717, 1.165) is 11.3 Å². The molecule has 122 valence electrons. The number of nitrogens with zero attached hydrogens (tertiary/aromatic N) is 2. The highest BCUT2D eigenvalue weighted by molar-refractivity contribution is 5.83. The summed E-state index contributed by atoms with van der Waals surface area (Å²) in [6.45, 7) is 5.82. The van der Waals surface area contributed by atoms with Crippen molar-refractivity contribution in [2.75, 3.05) is 0 Å². The van der Waals surface area contributed by atoms with Crippen LogP contribution in [0.25, 0.3) is 5.69 Å². The van der Waals surface area contributed by atoms with Crippen molar-refractivity contribution in [1.82, 2.24) is 9.78 Å². The van der Waals surface area contributed by atoms with Crippen molar-refractivity contribution in [3.8, 4) is 5.69 Å². The fourth-order valence-corrected chi connectivity index (χ4v) is 2.57. The molecular weight excluding hydrogens is 305 g/mol. The number of hydrogen-bond acceptors (Lipinski definition) is 2. The molecule has 0 spiro atoms. The second kappa shape index (κ2) is 6.28. The molecular formula is C19H18FN3O. The lowest BCUT2D eigenvalue weighted by Gasteiger charge is -2.00. The zero-order valence-electron chi connectivity index (χ0n) is 13.8. The number of hydrogen-bond donors (Lipinski definition) is 1. The quantitative estimate of drug-likeness (QED) is 0.728. The summed E-state index contributed by atoms with van der Waals surface area (Å²) in [5.41, 5.74) is 4.61. The topological polar surface area (TPSA) is 50.1 Å². The summed E-state index contributed by atoms with van der Waals surface area (Å²) >= 11 is 0. The molecule has 24 heavy (non-hydrogen) atoms. The fraction of sp³-hybridized carbons (Fsp3) is 0.158. The molecule has 0 saturated carbocycles. The minimum absolute atomic E-state index is 0.215. The maximum atomic E-state index is 13.0. The van der Waals surface area contributed by atoms with Crippen LogP contribution in [0.2, 0.25) is 0 Å². The molecule has 5 heteroatoms. The molecule has 3 aromatic rings. The summed E-state index contributed by atoms with van der Waals surface area (Å²) in [6.07, 6.45) is 1.58. The monoisotopic (exact) mass is 323 g/mol. The van der Waals surface area contributed by atoms with Gasteiger partial charge < -0.3 is 0 Å². The van der Waals surface area contributed by atoms with Crippen molar-refractivity contribution in [1.29, 1.82) is 0 Å². The molecule has 0 atom stereocenters. The highest BCUT2D eigenvalue weighted by Crippen LogP contribution is 2.19. The summed E-state index contributed by atoms with van der Waals surface area (Å²) in [4.78, 5) is 17.0. The maximum absolute atomic E-state index is 13.0. The van der Waals surface area contributed by atoms with Crippen LogP contribution >= 0.6 is 0 Å². The van der Waals surface area contributed by atoms with E-state index in [2.05, 4.69) is 10.1 Å². The van der Waals surface area contributed by atoms with E-state index >= 15 is 0 Å². The van der Waals surface area contributed by atoms with Gasteiger partial charge in [0.05, 0.1) is 16.9 Å². The van der Waals surface area contributed by atoms with E-state index in [9.17, 15) is 9.18 Å². The molecule has 0 saturated heterocycles. The smallest absolute Gasteiger partial charge is 0.280 e. The highest BCUT2D eigenvalue weighted by atomic mass is 19.1. The Labute approximate surface area is 139 Å². The van der Waals surface area contributed by atoms with Crippen LogP contribution in [0, 0.1) is 26.6 Å². The number of nitrogens with one attached hydrogen (secondary N) is 1.